The SMILES string of the molecule is Cc1nn(-c2ccccc2)c(C)c1C(=O)O[C@H](C)C(=O)Nc1ccc(Cl)cc1F. The number of aromatic nitrogens is 2. The minimum atomic E-state index is -1.14. The molecule has 2 aromatic carbocycles. The molecule has 3 aromatic rings. The third-order valence-corrected chi connectivity index (χ3v) is 4.57. The first kappa shape index (κ1) is 20.5. The van der Waals surface area contributed by atoms with Gasteiger partial charge in [0.05, 0.1) is 22.8 Å². The fourth-order valence-corrected chi connectivity index (χ4v) is 3.02. The van der Waals surface area contributed by atoms with Crippen molar-refractivity contribution in [2.24, 2.45) is 0 Å². The lowest BCUT2D eigenvalue weighted by atomic mass is 10.2. The van der Waals surface area contributed by atoms with Gasteiger partial charge in [-0.15, -0.1) is 0 Å². The molecular formula is C21H19ClFN3O3. The predicted octanol–water partition coefficient (Wildman–Crippen LogP) is 4.47. The molecule has 8 heteroatoms. The van der Waals surface area contributed by atoms with E-state index in [1.165, 1.54) is 19.1 Å². The molecule has 0 aliphatic heterocycles. The van der Waals surface area contributed by atoms with Crippen LogP contribution < -0.4 is 5.32 Å². The molecule has 0 saturated carbocycles. The summed E-state index contributed by atoms with van der Waals surface area (Å²) in [4.78, 5) is 25.0. The van der Waals surface area contributed by atoms with Gasteiger partial charge in [0.2, 0.25) is 0 Å². The Balaban J connectivity index is 1.74. The van der Waals surface area contributed by atoms with E-state index >= 15 is 0 Å². The Morgan fingerprint density at radius 3 is 2.52 bits per heavy atom. The molecule has 0 aliphatic carbocycles. The van der Waals surface area contributed by atoms with Gasteiger partial charge < -0.3 is 10.1 Å². The van der Waals surface area contributed by atoms with Crippen LogP contribution in [0.3, 0.4) is 0 Å². The van der Waals surface area contributed by atoms with Crippen LogP contribution in [-0.2, 0) is 9.53 Å². The summed E-state index contributed by atoms with van der Waals surface area (Å²) < 4.78 is 20.8. The Morgan fingerprint density at radius 1 is 1.17 bits per heavy atom. The average Bonchev–Trinajstić information content (AvgIpc) is 2.98. The van der Waals surface area contributed by atoms with Crippen LogP contribution in [0, 0.1) is 19.7 Å². The fourth-order valence-electron chi connectivity index (χ4n) is 2.86. The summed E-state index contributed by atoms with van der Waals surface area (Å²) in [5, 5.41) is 6.99. The number of para-hydroxylation sites is 1. The van der Waals surface area contributed by atoms with E-state index in [-0.39, 0.29) is 16.3 Å². The molecular weight excluding hydrogens is 397 g/mol. The minimum Gasteiger partial charge on any atom is -0.449 e. The van der Waals surface area contributed by atoms with Gasteiger partial charge in [0.1, 0.15) is 11.4 Å². The molecule has 0 fully saturated rings. The maximum Gasteiger partial charge on any atom is 0.342 e. The van der Waals surface area contributed by atoms with Crippen molar-refractivity contribution < 1.29 is 18.7 Å². The molecule has 0 bridgehead atoms. The molecule has 1 atom stereocenters. The van der Waals surface area contributed by atoms with Gasteiger partial charge in [-0.1, -0.05) is 29.8 Å². The van der Waals surface area contributed by atoms with E-state index in [2.05, 4.69) is 10.4 Å². The number of nitrogens with one attached hydrogen (secondary N) is 1. The van der Waals surface area contributed by atoms with Crippen LogP contribution in [0.25, 0.3) is 5.69 Å². The second kappa shape index (κ2) is 8.45. The standard InChI is InChI=1S/C21H19ClFN3O3/c1-12-19(13(2)26(25-12)16-7-5-4-6-8-16)21(28)29-14(3)20(27)24-18-10-9-15(22)11-17(18)23/h4-11,14H,1-3H3,(H,24,27)/t14-/m1/s1. The van der Waals surface area contributed by atoms with Crippen molar-refractivity contribution in [3.05, 3.63) is 76.3 Å². The Hall–Kier alpha value is -3.19. The van der Waals surface area contributed by atoms with Crippen LogP contribution in [0.1, 0.15) is 28.7 Å². The van der Waals surface area contributed by atoms with E-state index in [0.29, 0.717) is 11.4 Å². The van der Waals surface area contributed by atoms with Crippen LogP contribution in [0.2, 0.25) is 5.02 Å². The number of nitrogens with zero attached hydrogens (tertiary/aromatic N) is 2. The first-order valence-electron chi connectivity index (χ1n) is 8.86. The molecule has 0 aliphatic rings. The van der Waals surface area contributed by atoms with Crippen LogP contribution in [0.15, 0.2) is 48.5 Å². The van der Waals surface area contributed by atoms with Crippen molar-refractivity contribution in [3.63, 3.8) is 0 Å². The lowest BCUT2D eigenvalue weighted by Gasteiger charge is -2.14. The van der Waals surface area contributed by atoms with E-state index in [0.717, 1.165) is 11.8 Å². The van der Waals surface area contributed by atoms with Gasteiger partial charge in [0.25, 0.3) is 5.91 Å². The molecule has 0 saturated heterocycles. The Morgan fingerprint density at radius 2 is 1.86 bits per heavy atom. The Kier molecular flexibility index (Phi) is 5.98. The number of esters is 1. The zero-order valence-corrected chi connectivity index (χ0v) is 16.8. The highest BCUT2D eigenvalue weighted by atomic mass is 35.5. The van der Waals surface area contributed by atoms with E-state index in [9.17, 15) is 14.0 Å². The number of rotatable bonds is 5. The van der Waals surface area contributed by atoms with Crippen molar-refractivity contribution in [2.45, 2.75) is 26.9 Å². The topological polar surface area (TPSA) is 73.2 Å². The summed E-state index contributed by atoms with van der Waals surface area (Å²) in [6.45, 7) is 4.85. The number of benzene rings is 2. The first-order valence-corrected chi connectivity index (χ1v) is 9.24. The summed E-state index contributed by atoms with van der Waals surface area (Å²) in [5.41, 5.74) is 2.11. The number of hydrogen-bond acceptors (Lipinski definition) is 4. The Bertz CT molecular complexity index is 1070. The van der Waals surface area contributed by atoms with Crippen LogP contribution >= 0.6 is 11.6 Å². The normalized spacial score (nSPS) is 11.8. The molecule has 0 unspecified atom stereocenters. The largest absolute Gasteiger partial charge is 0.449 e. The lowest BCUT2D eigenvalue weighted by molar-refractivity contribution is -0.123. The van der Waals surface area contributed by atoms with E-state index < -0.39 is 23.8 Å². The van der Waals surface area contributed by atoms with Crippen molar-refractivity contribution in [3.8, 4) is 5.69 Å². The highest BCUT2D eigenvalue weighted by molar-refractivity contribution is 6.30. The zero-order valence-electron chi connectivity index (χ0n) is 16.1. The summed E-state index contributed by atoms with van der Waals surface area (Å²) in [6, 6.07) is 13.2. The van der Waals surface area contributed by atoms with Crippen LogP contribution in [0.5, 0.6) is 0 Å². The third kappa shape index (κ3) is 4.46. The molecule has 3 rings (SSSR count). The van der Waals surface area contributed by atoms with E-state index in [4.69, 9.17) is 16.3 Å². The van der Waals surface area contributed by atoms with Gasteiger partial charge in [-0.05, 0) is 51.1 Å². The summed E-state index contributed by atoms with van der Waals surface area (Å²) in [6.07, 6.45) is -1.14. The second-order valence-electron chi connectivity index (χ2n) is 6.45. The molecule has 29 heavy (non-hydrogen) atoms. The monoisotopic (exact) mass is 415 g/mol. The molecule has 1 amide bonds. The number of aryl methyl sites for hydroxylation is 1. The zero-order chi connectivity index (χ0) is 21.1. The maximum absolute atomic E-state index is 13.9. The van der Waals surface area contributed by atoms with Crippen LogP contribution in [-0.4, -0.2) is 27.8 Å². The lowest BCUT2D eigenvalue weighted by Crippen LogP contribution is -2.30. The summed E-state index contributed by atoms with van der Waals surface area (Å²) in [5.74, 6) is -2.02. The van der Waals surface area contributed by atoms with E-state index in [1.807, 2.05) is 30.3 Å². The number of hydrogen-bond donors (Lipinski definition) is 1. The number of carbonyl (C=O) groups excluding carboxylic acids is 2. The van der Waals surface area contributed by atoms with Gasteiger partial charge in [0.15, 0.2) is 6.10 Å². The Labute approximate surface area is 172 Å². The first-order chi connectivity index (χ1) is 13.8. The molecule has 150 valence electrons. The number of ether oxygens (including phenoxy) is 1. The van der Waals surface area contributed by atoms with Crippen LogP contribution in [0.4, 0.5) is 10.1 Å². The van der Waals surface area contributed by atoms with Gasteiger partial charge >= 0.3 is 5.97 Å². The van der Waals surface area contributed by atoms with Crippen molar-refractivity contribution in [1.82, 2.24) is 9.78 Å². The van der Waals surface area contributed by atoms with E-state index in [1.54, 1.807) is 18.5 Å². The van der Waals surface area contributed by atoms with Gasteiger partial charge in [-0.2, -0.15) is 5.10 Å². The molecule has 1 aromatic heterocycles. The molecule has 1 N–H and O–H groups in total. The number of anilines is 1. The highest BCUT2D eigenvalue weighted by Crippen LogP contribution is 2.21. The molecule has 6 nitrogen and oxygen atoms in total. The third-order valence-electron chi connectivity index (χ3n) is 4.34. The average molecular weight is 416 g/mol. The van der Waals surface area contributed by atoms with Gasteiger partial charge in [-0.25, -0.2) is 13.9 Å². The number of carbonyl (C=O) groups is 2. The van der Waals surface area contributed by atoms with Crippen molar-refractivity contribution in [1.29, 1.82) is 0 Å². The van der Waals surface area contributed by atoms with Gasteiger partial charge in [0, 0.05) is 5.02 Å². The molecule has 0 radical (unpaired) electrons. The highest BCUT2D eigenvalue weighted by Gasteiger charge is 2.25. The van der Waals surface area contributed by atoms with Crippen molar-refractivity contribution >= 4 is 29.2 Å². The maximum atomic E-state index is 13.9. The summed E-state index contributed by atoms with van der Waals surface area (Å²) >= 11 is 5.70. The minimum absolute atomic E-state index is 0.0495. The smallest absolute Gasteiger partial charge is 0.342 e. The predicted molar refractivity (Wildman–Crippen MR) is 108 cm³/mol. The molecule has 1 heterocycles. The quantitative estimate of drug-likeness (QED) is 0.624. The number of amides is 1. The van der Waals surface area contributed by atoms with Crippen molar-refractivity contribution in [2.75, 3.05) is 5.32 Å². The van der Waals surface area contributed by atoms with Gasteiger partial charge in [-0.3, -0.25) is 4.79 Å². The number of halogens is 2. The fraction of sp³-hybridized carbons (Fsp3) is 0.190. The summed E-state index contributed by atoms with van der Waals surface area (Å²) in [7, 11) is 0. The second-order valence-corrected chi connectivity index (χ2v) is 6.89. The molecule has 0 spiro atoms.